The van der Waals surface area contributed by atoms with Gasteiger partial charge >= 0.3 is 0 Å². The molecule has 0 bridgehead atoms. The van der Waals surface area contributed by atoms with Crippen molar-refractivity contribution in [2.45, 2.75) is 51.7 Å². The number of hydrogen-bond acceptors (Lipinski definition) is 3. The molecule has 0 aliphatic heterocycles. The summed E-state index contributed by atoms with van der Waals surface area (Å²) < 4.78 is 5.55. The first kappa shape index (κ1) is 13.5. The van der Waals surface area contributed by atoms with Gasteiger partial charge in [-0.3, -0.25) is 4.79 Å². The maximum absolute atomic E-state index is 11.3. The van der Waals surface area contributed by atoms with E-state index in [1.54, 1.807) is 6.92 Å². The monoisotopic (exact) mass is 229 g/mol. The zero-order valence-electron chi connectivity index (χ0n) is 10.2. The average molecular weight is 229 g/mol. The first-order valence-electron chi connectivity index (χ1n) is 6.14. The summed E-state index contributed by atoms with van der Waals surface area (Å²) in [6.45, 7) is 4.28. The van der Waals surface area contributed by atoms with Crippen LogP contribution in [0.1, 0.15) is 39.5 Å². The number of rotatable bonds is 5. The average Bonchev–Trinajstić information content (AvgIpc) is 2.23. The van der Waals surface area contributed by atoms with Crippen LogP contribution in [0.4, 0.5) is 0 Å². The van der Waals surface area contributed by atoms with Crippen LogP contribution in [0.25, 0.3) is 0 Å². The number of aliphatic hydroxyl groups is 1. The Bertz CT molecular complexity index is 218. The third kappa shape index (κ3) is 5.47. The fourth-order valence-corrected chi connectivity index (χ4v) is 2.04. The molecule has 1 aliphatic rings. The predicted octanol–water partition coefficient (Wildman–Crippen LogP) is 1.08. The fraction of sp³-hybridized carbons (Fsp3) is 0.917. The molecule has 3 atom stereocenters. The molecule has 0 radical (unpaired) electrons. The summed E-state index contributed by atoms with van der Waals surface area (Å²) in [6, 6.07) is 0. The lowest BCUT2D eigenvalue weighted by molar-refractivity contribution is -0.129. The topological polar surface area (TPSA) is 58.6 Å². The number of carbonyl (C=O) groups excluding carboxylic acids is 1. The number of aliphatic hydroxyl groups excluding tert-OH is 1. The molecule has 1 saturated carbocycles. The third-order valence-corrected chi connectivity index (χ3v) is 2.93. The molecule has 4 heteroatoms. The van der Waals surface area contributed by atoms with Crippen LogP contribution >= 0.6 is 0 Å². The van der Waals surface area contributed by atoms with E-state index in [0.717, 1.165) is 12.8 Å². The van der Waals surface area contributed by atoms with Crippen molar-refractivity contribution >= 4 is 5.91 Å². The SMILES string of the molecule is CC(O)CNC(=O)COC1CCCC(C)C1. The number of amides is 1. The van der Waals surface area contributed by atoms with Crippen molar-refractivity contribution in [1.82, 2.24) is 5.32 Å². The van der Waals surface area contributed by atoms with Gasteiger partial charge in [-0.15, -0.1) is 0 Å². The normalized spacial score (nSPS) is 27.4. The Balaban J connectivity index is 2.11. The molecule has 0 saturated heterocycles. The van der Waals surface area contributed by atoms with Crippen molar-refractivity contribution in [2.75, 3.05) is 13.2 Å². The largest absolute Gasteiger partial charge is 0.392 e. The summed E-state index contributed by atoms with van der Waals surface area (Å²) in [5, 5.41) is 11.6. The Morgan fingerprint density at radius 1 is 1.56 bits per heavy atom. The Morgan fingerprint density at radius 3 is 2.94 bits per heavy atom. The summed E-state index contributed by atoms with van der Waals surface area (Å²) >= 11 is 0. The van der Waals surface area contributed by atoms with Gasteiger partial charge in [0.25, 0.3) is 0 Å². The van der Waals surface area contributed by atoms with Crippen molar-refractivity contribution < 1.29 is 14.6 Å². The maximum atomic E-state index is 11.3. The quantitative estimate of drug-likeness (QED) is 0.741. The molecule has 16 heavy (non-hydrogen) atoms. The van der Waals surface area contributed by atoms with Gasteiger partial charge in [-0.2, -0.15) is 0 Å². The van der Waals surface area contributed by atoms with Crippen LogP contribution in [-0.2, 0) is 9.53 Å². The van der Waals surface area contributed by atoms with E-state index >= 15 is 0 Å². The van der Waals surface area contributed by atoms with E-state index in [4.69, 9.17) is 9.84 Å². The van der Waals surface area contributed by atoms with E-state index in [9.17, 15) is 4.79 Å². The van der Waals surface area contributed by atoms with Crippen LogP contribution < -0.4 is 5.32 Å². The molecule has 1 fully saturated rings. The molecule has 1 rings (SSSR count). The number of hydrogen-bond donors (Lipinski definition) is 2. The van der Waals surface area contributed by atoms with Gasteiger partial charge in [-0.25, -0.2) is 0 Å². The minimum atomic E-state index is -0.501. The van der Waals surface area contributed by atoms with E-state index in [1.165, 1.54) is 12.8 Å². The van der Waals surface area contributed by atoms with Crippen molar-refractivity contribution in [3.63, 3.8) is 0 Å². The third-order valence-electron chi connectivity index (χ3n) is 2.93. The molecule has 0 aromatic rings. The highest BCUT2D eigenvalue weighted by Gasteiger charge is 2.19. The minimum absolute atomic E-state index is 0.115. The highest BCUT2D eigenvalue weighted by atomic mass is 16.5. The van der Waals surface area contributed by atoms with Gasteiger partial charge in [0.15, 0.2) is 0 Å². The van der Waals surface area contributed by atoms with Crippen molar-refractivity contribution in [1.29, 1.82) is 0 Å². The van der Waals surface area contributed by atoms with Crippen LogP contribution in [0.2, 0.25) is 0 Å². The molecule has 1 amide bonds. The number of ether oxygens (including phenoxy) is 1. The first-order valence-corrected chi connectivity index (χ1v) is 6.14. The van der Waals surface area contributed by atoms with Crippen molar-refractivity contribution in [2.24, 2.45) is 5.92 Å². The fourth-order valence-electron chi connectivity index (χ4n) is 2.04. The molecule has 4 nitrogen and oxygen atoms in total. The highest BCUT2D eigenvalue weighted by Crippen LogP contribution is 2.25. The van der Waals surface area contributed by atoms with Gasteiger partial charge in [0.2, 0.25) is 5.91 Å². The highest BCUT2D eigenvalue weighted by molar-refractivity contribution is 5.77. The van der Waals surface area contributed by atoms with Gasteiger partial charge in [-0.05, 0) is 25.7 Å². The molecule has 1 aliphatic carbocycles. The summed E-state index contributed by atoms with van der Waals surface area (Å²) in [5.74, 6) is 0.568. The summed E-state index contributed by atoms with van der Waals surface area (Å²) in [5.41, 5.74) is 0. The first-order chi connectivity index (χ1) is 7.58. The van der Waals surface area contributed by atoms with Gasteiger partial charge in [0.1, 0.15) is 6.61 Å². The van der Waals surface area contributed by atoms with Crippen LogP contribution in [0.3, 0.4) is 0 Å². The molecular weight excluding hydrogens is 206 g/mol. The lowest BCUT2D eigenvalue weighted by atomic mass is 9.89. The zero-order valence-corrected chi connectivity index (χ0v) is 10.2. The lowest BCUT2D eigenvalue weighted by Crippen LogP contribution is -2.35. The zero-order chi connectivity index (χ0) is 12.0. The van der Waals surface area contributed by atoms with Crippen molar-refractivity contribution in [3.8, 4) is 0 Å². The summed E-state index contributed by atoms with van der Waals surface area (Å²) in [7, 11) is 0. The predicted molar refractivity (Wildman–Crippen MR) is 62.1 cm³/mol. The number of carbonyl (C=O) groups is 1. The molecular formula is C12H23NO3. The molecule has 3 unspecified atom stereocenters. The maximum Gasteiger partial charge on any atom is 0.246 e. The second kappa shape index (κ2) is 6.86. The van der Waals surface area contributed by atoms with Gasteiger partial charge in [-0.1, -0.05) is 19.8 Å². The van der Waals surface area contributed by atoms with Gasteiger partial charge in [0, 0.05) is 6.54 Å². The van der Waals surface area contributed by atoms with Crippen LogP contribution in [-0.4, -0.2) is 36.4 Å². The molecule has 0 heterocycles. The van der Waals surface area contributed by atoms with E-state index in [2.05, 4.69) is 12.2 Å². The Kier molecular flexibility index (Phi) is 5.77. The Hall–Kier alpha value is -0.610. The van der Waals surface area contributed by atoms with E-state index in [-0.39, 0.29) is 18.6 Å². The number of nitrogens with one attached hydrogen (secondary N) is 1. The van der Waals surface area contributed by atoms with E-state index in [1.807, 2.05) is 0 Å². The molecule has 0 spiro atoms. The van der Waals surface area contributed by atoms with Gasteiger partial charge in [0.05, 0.1) is 12.2 Å². The standard InChI is InChI=1S/C12H23NO3/c1-9-4-3-5-11(6-9)16-8-12(15)13-7-10(2)14/h9-11,14H,3-8H2,1-2H3,(H,13,15). The van der Waals surface area contributed by atoms with E-state index in [0.29, 0.717) is 12.5 Å². The molecule has 2 N–H and O–H groups in total. The van der Waals surface area contributed by atoms with Crippen LogP contribution in [0, 0.1) is 5.92 Å². The smallest absolute Gasteiger partial charge is 0.246 e. The Morgan fingerprint density at radius 2 is 2.31 bits per heavy atom. The molecule has 0 aromatic heterocycles. The Labute approximate surface area is 97.4 Å². The second-order valence-electron chi connectivity index (χ2n) is 4.86. The van der Waals surface area contributed by atoms with E-state index < -0.39 is 6.10 Å². The molecule has 94 valence electrons. The summed E-state index contributed by atoms with van der Waals surface area (Å²) in [4.78, 5) is 11.3. The van der Waals surface area contributed by atoms with Gasteiger partial charge < -0.3 is 15.2 Å². The molecule has 0 aromatic carbocycles. The second-order valence-corrected chi connectivity index (χ2v) is 4.86. The van der Waals surface area contributed by atoms with Crippen LogP contribution in [0.5, 0.6) is 0 Å². The van der Waals surface area contributed by atoms with Crippen molar-refractivity contribution in [3.05, 3.63) is 0 Å². The minimum Gasteiger partial charge on any atom is -0.392 e. The lowest BCUT2D eigenvalue weighted by Gasteiger charge is -2.26. The summed E-state index contributed by atoms with van der Waals surface area (Å²) in [6.07, 6.45) is 4.33. The van der Waals surface area contributed by atoms with Crippen LogP contribution in [0.15, 0.2) is 0 Å².